The largest absolute Gasteiger partial charge is 0.507 e. The third kappa shape index (κ3) is 6.11. The molecule has 3 rings (SSSR count). The zero-order valence-corrected chi connectivity index (χ0v) is 19.3. The number of carboxylic acid groups (broad SMARTS) is 1. The van der Waals surface area contributed by atoms with Crippen molar-refractivity contribution >= 4 is 27.4 Å². The highest BCUT2D eigenvalue weighted by molar-refractivity contribution is 7.91. The van der Waals surface area contributed by atoms with Crippen molar-refractivity contribution in [3.05, 3.63) is 88.4 Å². The normalized spacial score (nSPS) is 13.4. The summed E-state index contributed by atoms with van der Waals surface area (Å²) in [5.74, 6) is -1.92. The molecular formula is C24H24ClNO6S. The first kappa shape index (κ1) is 24.7. The van der Waals surface area contributed by atoms with Gasteiger partial charge in [-0.2, -0.15) is 0 Å². The molecular weight excluding hydrogens is 466 g/mol. The Labute approximate surface area is 197 Å². The van der Waals surface area contributed by atoms with Crippen LogP contribution in [0.5, 0.6) is 5.75 Å². The van der Waals surface area contributed by atoms with Gasteiger partial charge in [-0.25, -0.2) is 13.2 Å². The second-order valence-electron chi connectivity index (χ2n) is 7.72. The molecule has 9 heteroatoms. The smallest absolute Gasteiger partial charge is 0.339 e. The summed E-state index contributed by atoms with van der Waals surface area (Å²) in [7, 11) is -3.95. The predicted molar refractivity (Wildman–Crippen MR) is 125 cm³/mol. The summed E-state index contributed by atoms with van der Waals surface area (Å²) in [4.78, 5) is 11.0. The zero-order valence-electron chi connectivity index (χ0n) is 17.8. The minimum atomic E-state index is -3.95. The quantitative estimate of drug-likeness (QED) is 0.360. The van der Waals surface area contributed by atoms with E-state index in [2.05, 4.69) is 5.32 Å². The number of rotatable bonds is 9. The molecule has 7 nitrogen and oxygen atoms in total. The minimum Gasteiger partial charge on any atom is -0.507 e. The maximum Gasteiger partial charge on any atom is 0.339 e. The Hall–Kier alpha value is -2.91. The van der Waals surface area contributed by atoms with E-state index in [9.17, 15) is 23.4 Å². The Kier molecular flexibility index (Phi) is 7.76. The molecule has 0 bridgehead atoms. The number of carbonyl (C=O) groups is 1. The maximum atomic E-state index is 12.9. The van der Waals surface area contributed by atoms with Crippen LogP contribution >= 0.6 is 11.6 Å². The van der Waals surface area contributed by atoms with E-state index in [4.69, 9.17) is 16.7 Å². The molecule has 0 unspecified atom stereocenters. The lowest BCUT2D eigenvalue weighted by Crippen LogP contribution is -2.32. The van der Waals surface area contributed by atoms with E-state index < -0.39 is 33.2 Å². The van der Waals surface area contributed by atoms with E-state index in [0.717, 1.165) is 23.3 Å². The van der Waals surface area contributed by atoms with Gasteiger partial charge in [0, 0.05) is 17.6 Å². The molecule has 4 N–H and O–H groups in total. The lowest BCUT2D eigenvalue weighted by molar-refractivity contribution is 0.0693. The van der Waals surface area contributed by atoms with Crippen LogP contribution < -0.4 is 5.32 Å². The van der Waals surface area contributed by atoms with Gasteiger partial charge in [0.05, 0.1) is 15.9 Å². The second kappa shape index (κ2) is 10.4. The van der Waals surface area contributed by atoms with Gasteiger partial charge in [-0.15, -0.1) is 0 Å². The van der Waals surface area contributed by atoms with Crippen molar-refractivity contribution in [2.24, 2.45) is 0 Å². The molecule has 3 aromatic carbocycles. The SMILES string of the molecule is C[C@H](Cc1ccc(S(=O)(=O)c2ccc(O)c(C(=O)O)c2)cc1)NC[C@@H](O)c1cccc(Cl)c1. The van der Waals surface area contributed by atoms with Crippen molar-refractivity contribution in [2.45, 2.75) is 35.3 Å². The summed E-state index contributed by atoms with van der Waals surface area (Å²) in [6.45, 7) is 2.29. The van der Waals surface area contributed by atoms with Gasteiger partial charge in [0.25, 0.3) is 0 Å². The summed E-state index contributed by atoms with van der Waals surface area (Å²) in [6.07, 6.45) is -0.106. The van der Waals surface area contributed by atoms with Gasteiger partial charge < -0.3 is 20.6 Å². The van der Waals surface area contributed by atoms with Crippen LogP contribution in [0.2, 0.25) is 5.02 Å². The first-order chi connectivity index (χ1) is 15.6. The number of phenols is 1. The standard InChI is InChI=1S/C24H24ClNO6S/c1-15(26-14-23(28)17-3-2-4-18(25)12-17)11-16-5-7-19(8-6-16)33(31,32)20-9-10-22(27)21(13-20)24(29)30/h2-10,12-13,15,23,26-28H,11,14H2,1H3,(H,29,30)/t15-,23-/m1/s1. The molecule has 0 spiro atoms. The molecule has 0 fully saturated rings. The summed E-state index contributed by atoms with van der Waals surface area (Å²) in [5.41, 5.74) is 1.13. The van der Waals surface area contributed by atoms with Gasteiger partial charge in [-0.1, -0.05) is 35.9 Å². The molecule has 0 aliphatic carbocycles. The lowest BCUT2D eigenvalue weighted by atomic mass is 10.1. The van der Waals surface area contributed by atoms with Gasteiger partial charge in [0.1, 0.15) is 11.3 Å². The van der Waals surface area contributed by atoms with Crippen LogP contribution in [0.3, 0.4) is 0 Å². The van der Waals surface area contributed by atoms with Crippen LogP contribution in [-0.4, -0.2) is 42.3 Å². The van der Waals surface area contributed by atoms with Gasteiger partial charge in [-0.3, -0.25) is 0 Å². The lowest BCUT2D eigenvalue weighted by Gasteiger charge is -2.18. The topological polar surface area (TPSA) is 124 Å². The van der Waals surface area contributed by atoms with Crippen molar-refractivity contribution in [1.29, 1.82) is 0 Å². The number of aliphatic hydroxyl groups excluding tert-OH is 1. The second-order valence-corrected chi connectivity index (χ2v) is 10.1. The molecule has 2 atom stereocenters. The fourth-order valence-corrected chi connectivity index (χ4v) is 4.85. The molecule has 33 heavy (non-hydrogen) atoms. The van der Waals surface area contributed by atoms with Crippen molar-refractivity contribution in [2.75, 3.05) is 6.54 Å². The molecule has 0 aliphatic rings. The predicted octanol–water partition coefficient (Wildman–Crippen LogP) is 3.83. The minimum absolute atomic E-state index is 0.0107. The Morgan fingerprint density at radius 3 is 2.33 bits per heavy atom. The van der Waals surface area contributed by atoms with E-state index in [1.807, 2.05) is 6.92 Å². The summed E-state index contributed by atoms with van der Waals surface area (Å²) < 4.78 is 25.7. The van der Waals surface area contributed by atoms with Crippen LogP contribution in [-0.2, 0) is 16.3 Å². The molecule has 0 saturated heterocycles. The molecule has 3 aromatic rings. The summed E-state index contributed by atoms with van der Waals surface area (Å²) in [6, 6.07) is 16.5. The number of benzene rings is 3. The first-order valence-corrected chi connectivity index (χ1v) is 12.0. The molecule has 0 aromatic heterocycles. The third-order valence-electron chi connectivity index (χ3n) is 5.18. The van der Waals surface area contributed by atoms with Crippen LogP contribution in [0.4, 0.5) is 0 Å². The average Bonchev–Trinajstić information content (AvgIpc) is 2.77. The van der Waals surface area contributed by atoms with Crippen LogP contribution in [0.25, 0.3) is 0 Å². The van der Waals surface area contributed by atoms with E-state index in [-0.39, 0.29) is 15.8 Å². The molecule has 0 heterocycles. The number of nitrogens with one attached hydrogen (secondary N) is 1. The number of aliphatic hydroxyl groups is 1. The van der Waals surface area contributed by atoms with Gasteiger partial charge in [-0.05, 0) is 66.9 Å². The van der Waals surface area contributed by atoms with Crippen molar-refractivity contribution in [3.8, 4) is 5.75 Å². The van der Waals surface area contributed by atoms with E-state index in [1.165, 1.54) is 18.2 Å². The number of aromatic carboxylic acids is 1. The number of carboxylic acids is 1. The third-order valence-corrected chi connectivity index (χ3v) is 7.18. The van der Waals surface area contributed by atoms with Crippen LogP contribution in [0.1, 0.15) is 34.5 Å². The highest BCUT2D eigenvalue weighted by Crippen LogP contribution is 2.26. The highest BCUT2D eigenvalue weighted by atomic mass is 35.5. The highest BCUT2D eigenvalue weighted by Gasteiger charge is 2.21. The number of hydrogen-bond donors (Lipinski definition) is 4. The summed E-state index contributed by atoms with van der Waals surface area (Å²) >= 11 is 5.96. The molecule has 0 radical (unpaired) electrons. The van der Waals surface area contributed by atoms with E-state index >= 15 is 0 Å². The molecule has 174 valence electrons. The van der Waals surface area contributed by atoms with E-state index in [1.54, 1.807) is 36.4 Å². The van der Waals surface area contributed by atoms with Gasteiger partial charge in [0.2, 0.25) is 9.84 Å². The van der Waals surface area contributed by atoms with Crippen molar-refractivity contribution in [1.82, 2.24) is 5.32 Å². The number of hydrogen-bond acceptors (Lipinski definition) is 6. The number of halogens is 1. The fourth-order valence-electron chi connectivity index (χ4n) is 3.36. The fraction of sp³-hybridized carbons (Fsp3) is 0.208. The Morgan fingerprint density at radius 2 is 1.70 bits per heavy atom. The van der Waals surface area contributed by atoms with Crippen molar-refractivity contribution < 1.29 is 28.5 Å². The van der Waals surface area contributed by atoms with Gasteiger partial charge in [0.15, 0.2) is 0 Å². The Morgan fingerprint density at radius 1 is 1.03 bits per heavy atom. The van der Waals surface area contributed by atoms with Crippen molar-refractivity contribution in [3.63, 3.8) is 0 Å². The monoisotopic (exact) mass is 489 g/mol. The first-order valence-electron chi connectivity index (χ1n) is 10.1. The average molecular weight is 490 g/mol. The molecule has 0 aliphatic heterocycles. The summed E-state index contributed by atoms with van der Waals surface area (Å²) in [5, 5.41) is 32.9. The van der Waals surface area contributed by atoms with Gasteiger partial charge >= 0.3 is 5.97 Å². The van der Waals surface area contributed by atoms with Crippen LogP contribution in [0, 0.1) is 0 Å². The molecule has 0 saturated carbocycles. The zero-order chi connectivity index (χ0) is 24.2. The van der Waals surface area contributed by atoms with Crippen LogP contribution in [0.15, 0.2) is 76.5 Å². The Bertz CT molecular complexity index is 1240. The maximum absolute atomic E-state index is 12.9. The Balaban J connectivity index is 1.65. The van der Waals surface area contributed by atoms with E-state index in [0.29, 0.717) is 18.0 Å². The molecule has 0 amide bonds. The number of aromatic hydroxyl groups is 1. The number of sulfone groups is 1.